The zero-order valence-corrected chi connectivity index (χ0v) is 16.6. The molecule has 8 heteroatoms. The molecule has 0 bridgehead atoms. The van der Waals surface area contributed by atoms with E-state index >= 15 is 0 Å². The van der Waals surface area contributed by atoms with Gasteiger partial charge in [0.15, 0.2) is 23.0 Å². The van der Waals surface area contributed by atoms with Gasteiger partial charge in [0.1, 0.15) is 5.52 Å². The first-order valence-corrected chi connectivity index (χ1v) is 9.66. The van der Waals surface area contributed by atoms with Gasteiger partial charge in [0, 0.05) is 12.1 Å². The second-order valence-electron chi connectivity index (χ2n) is 6.62. The van der Waals surface area contributed by atoms with Crippen LogP contribution in [0.25, 0.3) is 22.4 Å². The smallest absolute Gasteiger partial charge is 0.320 e. The van der Waals surface area contributed by atoms with Crippen LogP contribution in [0.1, 0.15) is 32.6 Å². The van der Waals surface area contributed by atoms with Crippen LogP contribution in [-0.2, 0) is 0 Å². The van der Waals surface area contributed by atoms with Gasteiger partial charge >= 0.3 is 6.03 Å². The van der Waals surface area contributed by atoms with Crippen molar-refractivity contribution in [1.82, 2.24) is 20.3 Å². The minimum absolute atomic E-state index is 0.0593. The van der Waals surface area contributed by atoms with Gasteiger partial charge in [-0.2, -0.15) is 0 Å². The number of rotatable bonds is 8. The number of phenolic OH excluding ortho intramolecular Hbond substituents is 1. The fourth-order valence-corrected chi connectivity index (χ4v) is 2.87. The number of aromatic nitrogens is 3. The van der Waals surface area contributed by atoms with Crippen LogP contribution in [0, 0.1) is 0 Å². The summed E-state index contributed by atoms with van der Waals surface area (Å²) in [5.41, 5.74) is 2.45. The predicted molar refractivity (Wildman–Crippen MR) is 112 cm³/mol. The van der Waals surface area contributed by atoms with E-state index in [1.54, 1.807) is 18.2 Å². The van der Waals surface area contributed by atoms with Gasteiger partial charge in [0.05, 0.1) is 19.0 Å². The van der Waals surface area contributed by atoms with E-state index in [0.29, 0.717) is 35.0 Å². The van der Waals surface area contributed by atoms with Gasteiger partial charge in [0.25, 0.3) is 0 Å². The summed E-state index contributed by atoms with van der Waals surface area (Å²) in [4.78, 5) is 25.3. The van der Waals surface area contributed by atoms with Crippen LogP contribution in [0.15, 0.2) is 36.5 Å². The molecule has 2 amide bonds. The van der Waals surface area contributed by atoms with Gasteiger partial charge in [-0.3, -0.25) is 5.32 Å². The minimum Gasteiger partial charge on any atom is -0.504 e. The van der Waals surface area contributed by atoms with E-state index in [1.165, 1.54) is 19.7 Å². The van der Waals surface area contributed by atoms with Crippen molar-refractivity contribution < 1.29 is 14.6 Å². The number of carbonyl (C=O) groups is 1. The average molecular weight is 395 g/mol. The third-order valence-corrected chi connectivity index (χ3v) is 4.44. The standard InChI is InChI=1S/C21H25N5O3/c1-3-4-5-6-11-22-21(28)26-19-13-23-16-9-8-15(24-20(16)25-19)14-7-10-17(27)18(12-14)29-2/h7-10,12-13,27H,3-6,11H2,1-2H3,(H2,22,24,25,26,28). The van der Waals surface area contributed by atoms with Crippen LogP contribution in [0.5, 0.6) is 11.5 Å². The number of nitrogens with zero attached hydrogens (tertiary/aromatic N) is 3. The highest BCUT2D eigenvalue weighted by molar-refractivity contribution is 5.89. The van der Waals surface area contributed by atoms with E-state index in [4.69, 9.17) is 4.74 Å². The molecule has 0 saturated carbocycles. The lowest BCUT2D eigenvalue weighted by molar-refractivity contribution is 0.252. The molecule has 8 nitrogen and oxygen atoms in total. The molecule has 0 radical (unpaired) electrons. The first-order chi connectivity index (χ1) is 14.1. The number of nitrogens with one attached hydrogen (secondary N) is 2. The Bertz CT molecular complexity index is 993. The highest BCUT2D eigenvalue weighted by atomic mass is 16.5. The van der Waals surface area contributed by atoms with Gasteiger partial charge in [-0.25, -0.2) is 19.7 Å². The van der Waals surface area contributed by atoms with Gasteiger partial charge in [-0.15, -0.1) is 0 Å². The molecule has 3 rings (SSSR count). The fourth-order valence-electron chi connectivity index (χ4n) is 2.87. The highest BCUT2D eigenvalue weighted by Crippen LogP contribution is 2.31. The normalized spacial score (nSPS) is 10.7. The molecule has 0 fully saturated rings. The molecule has 29 heavy (non-hydrogen) atoms. The number of carbonyl (C=O) groups excluding carboxylic acids is 1. The van der Waals surface area contributed by atoms with E-state index in [9.17, 15) is 9.90 Å². The number of ether oxygens (including phenoxy) is 1. The number of phenols is 1. The quantitative estimate of drug-likeness (QED) is 0.495. The van der Waals surface area contributed by atoms with E-state index in [1.807, 2.05) is 12.1 Å². The van der Waals surface area contributed by atoms with Crippen LogP contribution >= 0.6 is 0 Å². The largest absolute Gasteiger partial charge is 0.504 e. The number of aromatic hydroxyl groups is 1. The number of unbranched alkanes of at least 4 members (excludes halogenated alkanes) is 3. The maximum Gasteiger partial charge on any atom is 0.320 e. The third-order valence-electron chi connectivity index (χ3n) is 4.44. The van der Waals surface area contributed by atoms with Crippen LogP contribution in [0.2, 0.25) is 0 Å². The van der Waals surface area contributed by atoms with Crippen molar-refractivity contribution in [1.29, 1.82) is 0 Å². The zero-order chi connectivity index (χ0) is 20.6. The van der Waals surface area contributed by atoms with Crippen molar-refractivity contribution in [2.24, 2.45) is 0 Å². The monoisotopic (exact) mass is 395 g/mol. The molecule has 152 valence electrons. The fraction of sp³-hybridized carbons (Fsp3) is 0.333. The lowest BCUT2D eigenvalue weighted by atomic mass is 10.1. The molecule has 0 saturated heterocycles. The summed E-state index contributed by atoms with van der Waals surface area (Å²) in [6.07, 6.45) is 5.88. The third kappa shape index (κ3) is 5.31. The Balaban J connectivity index is 1.73. The van der Waals surface area contributed by atoms with Crippen LogP contribution in [-0.4, -0.2) is 39.7 Å². The number of hydrogen-bond donors (Lipinski definition) is 3. The first-order valence-electron chi connectivity index (χ1n) is 9.66. The van der Waals surface area contributed by atoms with Crippen molar-refractivity contribution in [3.8, 4) is 22.8 Å². The second-order valence-corrected chi connectivity index (χ2v) is 6.62. The Labute approximate surface area is 169 Å². The number of fused-ring (bicyclic) bond motifs is 1. The maximum atomic E-state index is 12.0. The van der Waals surface area contributed by atoms with Crippen LogP contribution in [0.3, 0.4) is 0 Å². The summed E-state index contributed by atoms with van der Waals surface area (Å²) in [6.45, 7) is 2.77. The van der Waals surface area contributed by atoms with Crippen molar-refractivity contribution in [2.75, 3.05) is 19.0 Å². The van der Waals surface area contributed by atoms with Gasteiger partial charge < -0.3 is 15.2 Å². The first kappa shape index (κ1) is 20.3. The Hall–Kier alpha value is -3.42. The molecule has 0 unspecified atom stereocenters. The molecule has 0 atom stereocenters. The molecule has 2 aromatic heterocycles. The summed E-state index contributed by atoms with van der Waals surface area (Å²) < 4.78 is 5.15. The lowest BCUT2D eigenvalue weighted by Crippen LogP contribution is -2.29. The lowest BCUT2D eigenvalue weighted by Gasteiger charge is -2.08. The summed E-state index contributed by atoms with van der Waals surface area (Å²) in [7, 11) is 1.49. The number of amides is 2. The highest BCUT2D eigenvalue weighted by Gasteiger charge is 2.09. The van der Waals surface area contributed by atoms with Gasteiger partial charge in [0.2, 0.25) is 0 Å². The molecular formula is C21H25N5O3. The van der Waals surface area contributed by atoms with E-state index in [0.717, 1.165) is 24.8 Å². The molecule has 2 heterocycles. The average Bonchev–Trinajstić information content (AvgIpc) is 2.73. The predicted octanol–water partition coefficient (Wildman–Crippen LogP) is 4.11. The summed E-state index contributed by atoms with van der Waals surface area (Å²) in [5, 5.41) is 15.3. The van der Waals surface area contributed by atoms with Crippen molar-refractivity contribution in [2.45, 2.75) is 32.6 Å². The molecule has 3 N–H and O–H groups in total. The topological polar surface area (TPSA) is 109 Å². The van der Waals surface area contributed by atoms with E-state index in [2.05, 4.69) is 32.5 Å². The SMILES string of the molecule is CCCCCCNC(=O)Nc1cnc2ccc(-c3ccc(O)c(OC)c3)nc2n1. The van der Waals surface area contributed by atoms with Crippen molar-refractivity contribution in [3.63, 3.8) is 0 Å². The molecule has 1 aromatic carbocycles. The summed E-state index contributed by atoms with van der Waals surface area (Å²) in [6, 6.07) is 8.31. The summed E-state index contributed by atoms with van der Waals surface area (Å²) >= 11 is 0. The number of hydrogen-bond acceptors (Lipinski definition) is 6. The molecule has 0 aliphatic heterocycles. The molecule has 0 aliphatic rings. The van der Waals surface area contributed by atoms with Crippen LogP contribution in [0.4, 0.5) is 10.6 Å². The maximum absolute atomic E-state index is 12.0. The number of urea groups is 1. The second kappa shape index (κ2) is 9.68. The minimum atomic E-state index is -0.311. The number of anilines is 1. The summed E-state index contributed by atoms with van der Waals surface area (Å²) in [5.74, 6) is 0.752. The number of pyridine rings is 1. The molecular weight excluding hydrogens is 370 g/mol. The number of benzene rings is 1. The zero-order valence-electron chi connectivity index (χ0n) is 16.6. The van der Waals surface area contributed by atoms with E-state index in [-0.39, 0.29) is 11.8 Å². The van der Waals surface area contributed by atoms with E-state index < -0.39 is 0 Å². The van der Waals surface area contributed by atoms with Crippen molar-refractivity contribution in [3.05, 3.63) is 36.5 Å². The van der Waals surface area contributed by atoms with Gasteiger partial charge in [-0.05, 0) is 36.8 Å². The number of methoxy groups -OCH3 is 1. The molecule has 0 spiro atoms. The molecule has 0 aliphatic carbocycles. The Kier molecular flexibility index (Phi) is 6.78. The Morgan fingerprint density at radius 1 is 1.14 bits per heavy atom. The molecule has 3 aromatic rings. The van der Waals surface area contributed by atoms with Crippen molar-refractivity contribution >= 4 is 23.0 Å². The Morgan fingerprint density at radius 3 is 2.79 bits per heavy atom. The van der Waals surface area contributed by atoms with Gasteiger partial charge in [-0.1, -0.05) is 26.2 Å². The van der Waals surface area contributed by atoms with Crippen LogP contribution < -0.4 is 15.4 Å². The Morgan fingerprint density at radius 2 is 2.00 bits per heavy atom.